The molecule has 0 bridgehead atoms. The number of ether oxygens (including phenoxy) is 1. The molecular formula is C21H24CeN3O5. The molecular weight excluding hydrogens is 514 g/mol. The second-order valence-corrected chi connectivity index (χ2v) is 5.41. The molecule has 0 spiro atoms. The fraction of sp³-hybridized carbons (Fsp3) is 0.0476. The summed E-state index contributed by atoms with van der Waals surface area (Å²) in [7, 11) is 1.41. The smallest absolute Gasteiger partial charge is 0.494 e. The Bertz CT molecular complexity index is 1010. The number of nitro groups is 1. The first-order chi connectivity index (χ1) is 12.5. The van der Waals surface area contributed by atoms with Gasteiger partial charge in [0.15, 0.2) is 0 Å². The molecule has 8 nitrogen and oxygen atoms in total. The van der Waals surface area contributed by atoms with E-state index in [0.717, 1.165) is 5.39 Å². The van der Waals surface area contributed by atoms with E-state index in [-0.39, 0.29) is 75.4 Å². The van der Waals surface area contributed by atoms with Gasteiger partial charge in [0.2, 0.25) is 0 Å². The number of anilines is 3. The number of carboxylic acid groups (broad SMARTS) is 1. The number of carbonyl (C=O) groups is 1. The van der Waals surface area contributed by atoms with Crippen molar-refractivity contribution >= 4 is 39.6 Å². The molecule has 0 fully saturated rings. The first-order valence-corrected chi connectivity index (χ1v) is 7.60. The Balaban J connectivity index is 0. The number of nitrogens with zero attached hydrogens (tertiary/aromatic N) is 1. The molecule has 3 N–H and O–H groups in total. The van der Waals surface area contributed by atoms with Crippen LogP contribution in [0.25, 0.3) is 10.8 Å². The molecule has 0 aliphatic heterocycles. The molecule has 3 rings (SSSR count). The van der Waals surface area contributed by atoms with Crippen molar-refractivity contribution in [3.8, 4) is 5.75 Å². The number of hydrogen-bond acceptors (Lipinski definition) is 5. The zero-order valence-corrected chi connectivity index (χ0v) is 20.4. The Kier molecular flexibility index (Phi) is 12.9. The fourth-order valence-electron chi connectivity index (χ4n) is 2.70. The summed E-state index contributed by atoms with van der Waals surface area (Å²) in [5.41, 5.74) is 1.10. The summed E-state index contributed by atoms with van der Waals surface area (Å²) >= 11 is 0. The van der Waals surface area contributed by atoms with Gasteiger partial charge in [0.25, 0.3) is 5.69 Å². The van der Waals surface area contributed by atoms with Crippen LogP contribution >= 0.6 is 0 Å². The molecule has 0 saturated heterocycles. The van der Waals surface area contributed by atoms with Crippen LogP contribution in [0.4, 0.5) is 27.5 Å². The second-order valence-electron chi connectivity index (χ2n) is 5.41. The van der Waals surface area contributed by atoms with Gasteiger partial charge >= 0.3 is 47.8 Å². The molecule has 0 aliphatic carbocycles. The third-order valence-electron chi connectivity index (χ3n) is 3.81. The van der Waals surface area contributed by atoms with Gasteiger partial charge in [-0.15, -0.1) is 0 Å². The maximum absolute atomic E-state index is 11.6. The van der Waals surface area contributed by atoms with E-state index in [1.807, 2.05) is 12.1 Å². The van der Waals surface area contributed by atoms with Crippen LogP contribution in [0.1, 0.15) is 0 Å². The Hall–Kier alpha value is -2.43. The number of benzene rings is 3. The zero-order valence-electron chi connectivity index (χ0n) is 17.2. The van der Waals surface area contributed by atoms with E-state index < -0.39 is 11.0 Å². The van der Waals surface area contributed by atoms with E-state index in [9.17, 15) is 14.9 Å². The summed E-state index contributed by atoms with van der Waals surface area (Å²) in [6.45, 7) is 0. The molecule has 1 amide bonds. The molecule has 3 aromatic carbocycles. The fourth-order valence-corrected chi connectivity index (χ4v) is 2.70. The average molecular weight is 539 g/mol. The molecule has 0 atom stereocenters. The summed E-state index contributed by atoms with van der Waals surface area (Å²) in [6, 6.07) is 15.2. The van der Waals surface area contributed by atoms with Gasteiger partial charge in [-0.25, -0.2) is 4.79 Å². The number of hydrogen-bond donors (Lipinski definition) is 3. The molecule has 30 heavy (non-hydrogen) atoms. The second kappa shape index (κ2) is 13.0. The number of nitrogens with one attached hydrogen (secondary N) is 2. The normalized spacial score (nSPS) is 8.97. The molecule has 0 heterocycles. The van der Waals surface area contributed by atoms with E-state index in [1.165, 1.54) is 13.2 Å². The summed E-state index contributed by atoms with van der Waals surface area (Å²) in [5.74, 6) is 0.292. The third kappa shape index (κ3) is 6.54. The molecule has 0 aromatic heterocycles. The Morgan fingerprint density at radius 3 is 2.27 bits per heavy atom. The summed E-state index contributed by atoms with van der Waals surface area (Å²) in [4.78, 5) is 22.0. The largest absolute Gasteiger partial charge is 3.00 e. The van der Waals surface area contributed by atoms with Crippen molar-refractivity contribution in [2.75, 3.05) is 17.7 Å². The number of nitro benzene ring substituents is 1. The summed E-state index contributed by atoms with van der Waals surface area (Å²) < 4.78 is 5.17. The molecule has 0 aliphatic rings. The number of fused-ring (bicyclic) bond motifs is 1. The van der Waals surface area contributed by atoms with Crippen LogP contribution in [0.15, 0.2) is 54.6 Å². The van der Waals surface area contributed by atoms with Crippen molar-refractivity contribution in [3.63, 3.8) is 0 Å². The molecule has 3 aromatic rings. The zero-order chi connectivity index (χ0) is 18.7. The molecule has 157 valence electrons. The predicted octanol–water partition coefficient (Wildman–Crippen LogP) is 5.94. The van der Waals surface area contributed by atoms with E-state index in [1.54, 1.807) is 36.4 Å². The minimum atomic E-state index is -1.21. The van der Waals surface area contributed by atoms with Crippen molar-refractivity contribution in [3.05, 3.63) is 87.0 Å². The van der Waals surface area contributed by atoms with Crippen LogP contribution in [-0.4, -0.2) is 23.2 Å². The van der Waals surface area contributed by atoms with Crippen LogP contribution in [0.3, 0.4) is 0 Å². The van der Waals surface area contributed by atoms with Crippen LogP contribution in [-0.2, 0) is 0 Å². The minimum Gasteiger partial charge on any atom is -0.494 e. The van der Waals surface area contributed by atoms with Crippen LogP contribution in [0, 0.1) is 74.1 Å². The Morgan fingerprint density at radius 1 is 1.03 bits per heavy atom. The van der Waals surface area contributed by atoms with Crippen LogP contribution in [0.5, 0.6) is 5.75 Å². The van der Waals surface area contributed by atoms with Crippen LogP contribution < -0.4 is 15.4 Å². The molecule has 1 radical (unpaired) electrons. The van der Waals surface area contributed by atoms with Crippen molar-refractivity contribution in [1.82, 2.24) is 0 Å². The van der Waals surface area contributed by atoms with Gasteiger partial charge in [0.1, 0.15) is 11.4 Å². The van der Waals surface area contributed by atoms with Crippen molar-refractivity contribution in [2.24, 2.45) is 0 Å². The third-order valence-corrected chi connectivity index (χ3v) is 3.81. The maximum atomic E-state index is 11.6. The minimum absolute atomic E-state index is 0. The molecule has 0 unspecified atom stereocenters. The van der Waals surface area contributed by atoms with Crippen LogP contribution in [0.2, 0.25) is 0 Å². The summed E-state index contributed by atoms with van der Waals surface area (Å²) in [5, 5.41) is 26.9. The van der Waals surface area contributed by atoms with Crippen molar-refractivity contribution < 1.29 is 61.3 Å². The van der Waals surface area contributed by atoms with Gasteiger partial charge in [-0.1, -0.05) is 24.3 Å². The molecule has 0 saturated carbocycles. The van der Waals surface area contributed by atoms with Gasteiger partial charge in [-0.3, -0.25) is 15.4 Å². The first kappa shape index (κ1) is 29.8. The van der Waals surface area contributed by atoms with Crippen molar-refractivity contribution in [2.45, 2.75) is 0 Å². The monoisotopic (exact) mass is 538 g/mol. The average Bonchev–Trinajstić information content (AvgIpc) is 2.62. The molecule has 9 heteroatoms. The van der Waals surface area contributed by atoms with Crippen molar-refractivity contribution in [1.29, 1.82) is 0 Å². The SMILES string of the molecule is COc1cc(Nc2ccc3ccccc3c2[N+](=O)[O-])ccc1NC(=O)O.[CH3-].[CH3-].[CH3-].[Ce+3]. The van der Waals surface area contributed by atoms with Gasteiger partial charge in [0.05, 0.1) is 23.1 Å². The maximum Gasteiger partial charge on any atom is 3.00 e. The first-order valence-electron chi connectivity index (χ1n) is 7.60. The van der Waals surface area contributed by atoms with Gasteiger partial charge in [0, 0.05) is 11.8 Å². The van der Waals surface area contributed by atoms with E-state index >= 15 is 0 Å². The number of amides is 1. The van der Waals surface area contributed by atoms with E-state index in [4.69, 9.17) is 9.84 Å². The predicted molar refractivity (Wildman–Crippen MR) is 118 cm³/mol. The van der Waals surface area contributed by atoms with Gasteiger partial charge < -0.3 is 37.4 Å². The summed E-state index contributed by atoms with van der Waals surface area (Å²) in [6.07, 6.45) is -1.21. The standard InChI is InChI=1S/C18H15N3O5.3CH3.Ce/c1-26-16-10-12(7-9-14(16)20-18(22)23)19-15-8-6-11-4-2-3-5-13(11)17(15)21(24)25;;;;/h2-10,19-20H,1H3,(H,22,23);3*1H3;/q;3*-1;+3. The topological polar surface area (TPSA) is 114 Å². The Labute approximate surface area is 210 Å². The number of methoxy groups -OCH3 is 1. The number of rotatable bonds is 5. The van der Waals surface area contributed by atoms with Gasteiger partial charge in [-0.05, 0) is 29.7 Å². The Morgan fingerprint density at radius 2 is 1.67 bits per heavy atom. The quantitative estimate of drug-likeness (QED) is 0.210. The van der Waals surface area contributed by atoms with E-state index in [2.05, 4.69) is 10.6 Å². The van der Waals surface area contributed by atoms with E-state index in [0.29, 0.717) is 22.5 Å². The van der Waals surface area contributed by atoms with Gasteiger partial charge in [-0.2, -0.15) is 0 Å².